The van der Waals surface area contributed by atoms with Crippen molar-refractivity contribution in [2.45, 2.75) is 71.1 Å². The van der Waals surface area contributed by atoms with Gasteiger partial charge in [-0.15, -0.1) is 11.3 Å². The Bertz CT molecular complexity index is 1190. The second-order valence-corrected chi connectivity index (χ2v) is 10.7. The normalized spacial score (nSPS) is 20.7. The molecule has 2 aliphatic heterocycles. The molecule has 1 N–H and O–H groups in total. The Morgan fingerprint density at radius 1 is 1.31 bits per heavy atom. The van der Waals surface area contributed by atoms with Crippen LogP contribution in [0.2, 0.25) is 0 Å². The molecule has 0 saturated heterocycles. The Morgan fingerprint density at radius 3 is 2.84 bits per heavy atom. The quantitative estimate of drug-likeness (QED) is 0.635. The van der Waals surface area contributed by atoms with Crippen LogP contribution in [0.3, 0.4) is 0 Å². The first-order valence-corrected chi connectivity index (χ1v) is 12.0. The molecule has 0 amide bonds. The average molecular weight is 451 g/mol. The number of ether oxygens (including phenoxy) is 1. The minimum Gasteiger partial charge on any atom is -0.601 e. The molecule has 0 radical (unpaired) electrons. The van der Waals surface area contributed by atoms with Crippen molar-refractivity contribution in [3.63, 3.8) is 0 Å². The third-order valence-electron chi connectivity index (χ3n) is 6.11. The number of aromatic nitrogens is 1. The van der Waals surface area contributed by atoms with Gasteiger partial charge in [-0.1, -0.05) is 18.2 Å². The minimum absolute atomic E-state index is 0.109. The number of nitrogens with zero attached hydrogens (tertiary/aromatic N) is 3. The minimum atomic E-state index is -1.11. The number of carboxylic acid groups (broad SMARTS) is 1. The highest BCUT2D eigenvalue weighted by molar-refractivity contribution is 7.18. The lowest BCUT2D eigenvalue weighted by atomic mass is 9.87. The fourth-order valence-electron chi connectivity index (χ4n) is 4.80. The summed E-state index contributed by atoms with van der Waals surface area (Å²) in [5, 5.41) is 13.2. The van der Waals surface area contributed by atoms with Gasteiger partial charge in [0.05, 0.1) is 11.6 Å². The number of hydrogen-bond donors (Lipinski definition) is 1. The van der Waals surface area contributed by atoms with Gasteiger partial charge in [0.15, 0.2) is 6.10 Å². The van der Waals surface area contributed by atoms with Crippen LogP contribution in [-0.4, -0.2) is 32.7 Å². The number of pyridine rings is 1. The molecule has 7 heteroatoms. The lowest BCUT2D eigenvalue weighted by Gasteiger charge is -2.37. The van der Waals surface area contributed by atoms with Crippen LogP contribution >= 0.6 is 11.3 Å². The summed E-state index contributed by atoms with van der Waals surface area (Å²) in [7, 11) is 0. The van der Waals surface area contributed by atoms with Gasteiger partial charge in [0.1, 0.15) is 4.83 Å². The third-order valence-corrected chi connectivity index (χ3v) is 7.30. The average Bonchev–Trinajstić information content (AvgIpc) is 3.33. The molecule has 6 nitrogen and oxygen atoms in total. The Balaban J connectivity index is 1.80. The molecule has 0 spiro atoms. The largest absolute Gasteiger partial charge is 0.601 e. The van der Waals surface area contributed by atoms with Gasteiger partial charge in [-0.25, -0.2) is 9.78 Å². The molecule has 0 aromatic carbocycles. The first-order chi connectivity index (χ1) is 15.2. The van der Waals surface area contributed by atoms with Gasteiger partial charge < -0.3 is 20.3 Å². The molecular formula is C25H28N3O3S-. The lowest BCUT2D eigenvalue weighted by Crippen LogP contribution is -2.29. The molecule has 168 valence electrons. The molecule has 32 heavy (non-hydrogen) atoms. The van der Waals surface area contributed by atoms with Crippen LogP contribution in [0.25, 0.3) is 21.2 Å². The summed E-state index contributed by atoms with van der Waals surface area (Å²) >= 11 is 1.75. The number of thiophene rings is 1. The number of aryl methyl sites for hydroxylation is 3. The molecule has 0 bridgehead atoms. The van der Waals surface area contributed by atoms with E-state index in [9.17, 15) is 9.90 Å². The van der Waals surface area contributed by atoms with E-state index in [1.807, 2.05) is 45.0 Å². The molecule has 1 aliphatic carbocycles. The summed E-state index contributed by atoms with van der Waals surface area (Å²) in [6, 6.07) is 0.109. The maximum absolute atomic E-state index is 12.5. The Hall–Kier alpha value is -2.64. The number of allylic oxidation sites excluding steroid dienone is 2. The molecule has 4 heterocycles. The van der Waals surface area contributed by atoms with Crippen LogP contribution in [0.1, 0.15) is 67.0 Å². The molecule has 3 aliphatic rings. The summed E-state index contributed by atoms with van der Waals surface area (Å²) < 4.78 is 6.12. The predicted octanol–water partition coefficient (Wildman–Crippen LogP) is 5.82. The summed E-state index contributed by atoms with van der Waals surface area (Å²) in [5.41, 5.74) is 8.39. The van der Waals surface area contributed by atoms with Crippen molar-refractivity contribution in [2.24, 2.45) is 0 Å². The van der Waals surface area contributed by atoms with Crippen LogP contribution in [-0.2, 0) is 22.4 Å². The van der Waals surface area contributed by atoms with Crippen LogP contribution < -0.4 is 0 Å². The first kappa shape index (κ1) is 21.2. The lowest BCUT2D eigenvalue weighted by molar-refractivity contribution is -0.160. The van der Waals surface area contributed by atoms with E-state index in [-0.39, 0.29) is 6.04 Å². The molecular weight excluding hydrogens is 422 g/mol. The standard InChI is InChI=1S/C25H28N3O3S/c1-14-19(22(24(29)30)31-25(2,3)4)20(15-9-10-16-11-12-26-28(16)13-15)21-17-7-5-6-8-18(17)32-23(21)27-14/h9-13,16,22H,5-8H2,1-4H3,(H,29,30)/q-1/t16?,22-/m0/s1. The van der Waals surface area contributed by atoms with Crippen LogP contribution in [0.15, 0.2) is 30.6 Å². The van der Waals surface area contributed by atoms with E-state index in [4.69, 9.17) is 9.72 Å². The first-order valence-electron chi connectivity index (χ1n) is 11.1. The van der Waals surface area contributed by atoms with Gasteiger partial charge in [-0.05, 0) is 70.7 Å². The second kappa shape index (κ2) is 7.74. The van der Waals surface area contributed by atoms with E-state index >= 15 is 0 Å². The van der Waals surface area contributed by atoms with Crippen molar-refractivity contribution in [1.82, 2.24) is 9.99 Å². The number of hydrogen-bond acceptors (Lipinski definition) is 5. The van der Waals surface area contributed by atoms with Gasteiger partial charge in [0, 0.05) is 27.1 Å². The van der Waals surface area contributed by atoms with E-state index in [0.717, 1.165) is 40.6 Å². The SMILES string of the molecule is Cc1nc2sc3c(c2c(C2=CN4[N-]C=CC4C=C2)c1[C@H](OC(C)(C)C)C(=O)O)CCCC3. The molecule has 2 aromatic rings. The predicted molar refractivity (Wildman–Crippen MR) is 127 cm³/mol. The molecule has 0 saturated carbocycles. The van der Waals surface area contributed by atoms with Gasteiger partial charge in [0.25, 0.3) is 0 Å². The second-order valence-electron chi connectivity index (χ2n) is 9.60. The third kappa shape index (κ3) is 3.63. The highest BCUT2D eigenvalue weighted by Crippen LogP contribution is 2.45. The number of carbonyl (C=O) groups is 1. The topological polar surface area (TPSA) is 76.8 Å². The summed E-state index contributed by atoms with van der Waals surface area (Å²) in [4.78, 5) is 19.8. The Morgan fingerprint density at radius 2 is 2.09 bits per heavy atom. The Kier molecular flexibility index (Phi) is 5.13. The molecule has 2 aromatic heterocycles. The highest BCUT2D eigenvalue weighted by atomic mass is 32.1. The van der Waals surface area contributed by atoms with Gasteiger partial charge in [-0.3, -0.25) is 0 Å². The van der Waals surface area contributed by atoms with E-state index in [1.165, 1.54) is 16.9 Å². The monoisotopic (exact) mass is 450 g/mol. The van der Waals surface area contributed by atoms with Crippen LogP contribution in [0.4, 0.5) is 0 Å². The maximum atomic E-state index is 12.5. The fraction of sp³-hybridized carbons (Fsp3) is 0.440. The van der Waals surface area contributed by atoms with Gasteiger partial charge in [0.2, 0.25) is 0 Å². The van der Waals surface area contributed by atoms with Gasteiger partial charge >= 0.3 is 5.97 Å². The molecule has 1 unspecified atom stereocenters. The van der Waals surface area contributed by atoms with Gasteiger partial charge in [-0.2, -0.15) is 6.20 Å². The summed E-state index contributed by atoms with van der Waals surface area (Å²) in [6.45, 7) is 7.55. The van der Waals surface area contributed by atoms with E-state index in [2.05, 4.69) is 17.6 Å². The smallest absolute Gasteiger partial charge is 0.337 e. The fourth-order valence-corrected chi connectivity index (χ4v) is 6.12. The summed E-state index contributed by atoms with van der Waals surface area (Å²) in [5.74, 6) is -1.000. The molecule has 2 atom stereocenters. The Labute approximate surface area is 192 Å². The van der Waals surface area contributed by atoms with Crippen molar-refractivity contribution in [2.75, 3.05) is 0 Å². The van der Waals surface area contributed by atoms with Crippen LogP contribution in [0, 0.1) is 6.92 Å². The maximum Gasteiger partial charge on any atom is 0.337 e. The van der Waals surface area contributed by atoms with Crippen molar-refractivity contribution in [1.29, 1.82) is 0 Å². The molecule has 5 rings (SSSR count). The zero-order chi connectivity index (χ0) is 22.6. The number of fused-ring (bicyclic) bond motifs is 4. The number of rotatable bonds is 4. The van der Waals surface area contributed by atoms with Crippen LogP contribution in [0.5, 0.6) is 0 Å². The van der Waals surface area contributed by atoms with Crippen molar-refractivity contribution >= 4 is 33.1 Å². The van der Waals surface area contributed by atoms with E-state index < -0.39 is 17.7 Å². The zero-order valence-electron chi connectivity index (χ0n) is 18.9. The number of aliphatic carboxylic acids is 1. The highest BCUT2D eigenvalue weighted by Gasteiger charge is 2.34. The van der Waals surface area contributed by atoms with Crippen molar-refractivity contribution < 1.29 is 14.6 Å². The zero-order valence-corrected chi connectivity index (χ0v) is 19.7. The van der Waals surface area contributed by atoms with E-state index in [0.29, 0.717) is 11.3 Å². The molecule has 0 fully saturated rings. The summed E-state index contributed by atoms with van der Waals surface area (Å²) in [6.07, 6.45) is 13.3. The van der Waals surface area contributed by atoms with Crippen molar-refractivity contribution in [3.05, 3.63) is 63.3 Å². The number of carboxylic acids is 1. The van der Waals surface area contributed by atoms with E-state index in [1.54, 1.807) is 17.5 Å². The van der Waals surface area contributed by atoms with Crippen molar-refractivity contribution in [3.8, 4) is 0 Å².